The summed E-state index contributed by atoms with van der Waals surface area (Å²) in [5.41, 5.74) is 1.55. The van der Waals surface area contributed by atoms with Crippen LogP contribution in [-0.2, 0) is 4.79 Å². The first-order valence-electron chi connectivity index (χ1n) is 8.94. The SMILES string of the molecule is CCC1CCCCN1C(=O)c1ccc(N2CCN(C=O)CC2)cn1. The van der Waals surface area contributed by atoms with Gasteiger partial charge in [0.15, 0.2) is 0 Å². The van der Waals surface area contributed by atoms with Gasteiger partial charge in [0.05, 0.1) is 11.9 Å². The maximum Gasteiger partial charge on any atom is 0.272 e. The predicted molar refractivity (Wildman–Crippen MR) is 93.1 cm³/mol. The van der Waals surface area contributed by atoms with Gasteiger partial charge in [0, 0.05) is 38.8 Å². The molecule has 24 heavy (non-hydrogen) atoms. The first-order valence-corrected chi connectivity index (χ1v) is 8.94. The predicted octanol–water partition coefficient (Wildman–Crippen LogP) is 1.76. The van der Waals surface area contributed by atoms with Crippen LogP contribution < -0.4 is 4.90 Å². The fourth-order valence-corrected chi connectivity index (χ4v) is 3.62. The standard InChI is InChI=1S/C18H26N4O2/c1-2-15-5-3-4-8-22(15)18(24)17-7-6-16(13-19-17)21-11-9-20(14-23)10-12-21/h6-7,13-15H,2-5,8-12H2,1H3. The van der Waals surface area contributed by atoms with Gasteiger partial charge in [0.2, 0.25) is 6.41 Å². The van der Waals surface area contributed by atoms with Crippen LogP contribution in [0.15, 0.2) is 18.3 Å². The van der Waals surface area contributed by atoms with Crippen molar-refractivity contribution in [2.45, 2.75) is 38.6 Å². The molecule has 0 spiro atoms. The lowest BCUT2D eigenvalue weighted by Gasteiger charge is -2.35. The van der Waals surface area contributed by atoms with E-state index in [9.17, 15) is 9.59 Å². The summed E-state index contributed by atoms with van der Waals surface area (Å²) in [6.45, 7) is 6.06. The number of aromatic nitrogens is 1. The Labute approximate surface area is 143 Å². The Bertz CT molecular complexity index is 567. The number of carbonyl (C=O) groups excluding carboxylic acids is 2. The summed E-state index contributed by atoms with van der Waals surface area (Å²) in [5, 5.41) is 0. The van der Waals surface area contributed by atoms with Crippen LogP contribution >= 0.6 is 0 Å². The molecule has 3 rings (SSSR count). The maximum atomic E-state index is 12.7. The molecular formula is C18H26N4O2. The minimum absolute atomic E-state index is 0.0545. The van der Waals surface area contributed by atoms with Crippen molar-refractivity contribution < 1.29 is 9.59 Å². The van der Waals surface area contributed by atoms with E-state index in [2.05, 4.69) is 16.8 Å². The number of hydrogen-bond donors (Lipinski definition) is 0. The third-order valence-corrected chi connectivity index (χ3v) is 5.15. The molecule has 2 fully saturated rings. The molecule has 0 aliphatic carbocycles. The van der Waals surface area contributed by atoms with E-state index in [1.54, 1.807) is 11.1 Å². The third kappa shape index (κ3) is 3.52. The van der Waals surface area contributed by atoms with E-state index in [1.807, 2.05) is 17.0 Å². The number of rotatable bonds is 4. The second-order valence-corrected chi connectivity index (χ2v) is 6.59. The molecule has 2 saturated heterocycles. The molecule has 6 heteroatoms. The molecule has 1 aromatic rings. The fourth-order valence-electron chi connectivity index (χ4n) is 3.62. The van der Waals surface area contributed by atoms with Crippen molar-refractivity contribution in [2.75, 3.05) is 37.6 Å². The Hall–Kier alpha value is -2.11. The second-order valence-electron chi connectivity index (χ2n) is 6.59. The fraction of sp³-hybridized carbons (Fsp3) is 0.611. The quantitative estimate of drug-likeness (QED) is 0.790. The number of piperazine rings is 1. The highest BCUT2D eigenvalue weighted by Gasteiger charge is 2.27. The van der Waals surface area contributed by atoms with Crippen LogP contribution in [0.3, 0.4) is 0 Å². The summed E-state index contributed by atoms with van der Waals surface area (Å²) in [7, 11) is 0. The van der Waals surface area contributed by atoms with Crippen LogP contribution in [0.1, 0.15) is 43.1 Å². The first-order chi connectivity index (χ1) is 11.7. The van der Waals surface area contributed by atoms with Crippen LogP contribution in [0, 0.1) is 0 Å². The lowest BCUT2D eigenvalue weighted by molar-refractivity contribution is -0.118. The molecule has 2 aliphatic rings. The summed E-state index contributed by atoms with van der Waals surface area (Å²) in [5.74, 6) is 0.0545. The smallest absolute Gasteiger partial charge is 0.272 e. The molecular weight excluding hydrogens is 304 g/mol. The first kappa shape index (κ1) is 16.7. The van der Waals surface area contributed by atoms with Gasteiger partial charge < -0.3 is 14.7 Å². The van der Waals surface area contributed by atoms with E-state index in [1.165, 1.54) is 6.42 Å². The van der Waals surface area contributed by atoms with Gasteiger partial charge in [-0.3, -0.25) is 9.59 Å². The van der Waals surface area contributed by atoms with Gasteiger partial charge in [0.1, 0.15) is 5.69 Å². The van der Waals surface area contributed by atoms with Gasteiger partial charge in [-0.2, -0.15) is 0 Å². The number of anilines is 1. The number of likely N-dealkylation sites (tertiary alicyclic amines) is 1. The highest BCUT2D eigenvalue weighted by molar-refractivity contribution is 5.92. The molecule has 0 saturated carbocycles. The lowest BCUT2D eigenvalue weighted by atomic mass is 9.99. The minimum Gasteiger partial charge on any atom is -0.367 e. The Morgan fingerprint density at radius 3 is 2.62 bits per heavy atom. The highest BCUT2D eigenvalue weighted by Crippen LogP contribution is 2.22. The topological polar surface area (TPSA) is 56.8 Å². The molecule has 0 aromatic carbocycles. The van der Waals surface area contributed by atoms with Crippen molar-refractivity contribution in [3.8, 4) is 0 Å². The van der Waals surface area contributed by atoms with Crippen LogP contribution in [0.25, 0.3) is 0 Å². The Morgan fingerprint density at radius 2 is 2.00 bits per heavy atom. The number of carbonyl (C=O) groups is 2. The van der Waals surface area contributed by atoms with Gasteiger partial charge >= 0.3 is 0 Å². The van der Waals surface area contributed by atoms with Crippen LogP contribution in [0.2, 0.25) is 0 Å². The number of piperidine rings is 1. The minimum atomic E-state index is 0.0545. The number of pyridine rings is 1. The van der Waals surface area contributed by atoms with Gasteiger partial charge in [-0.05, 0) is 37.8 Å². The zero-order valence-corrected chi connectivity index (χ0v) is 14.4. The molecule has 6 nitrogen and oxygen atoms in total. The third-order valence-electron chi connectivity index (χ3n) is 5.15. The monoisotopic (exact) mass is 330 g/mol. The van der Waals surface area contributed by atoms with Crippen molar-refractivity contribution >= 4 is 18.0 Å². The van der Waals surface area contributed by atoms with E-state index in [0.717, 1.165) is 64.1 Å². The Morgan fingerprint density at radius 1 is 1.21 bits per heavy atom. The van der Waals surface area contributed by atoms with Crippen LogP contribution in [0.4, 0.5) is 5.69 Å². The van der Waals surface area contributed by atoms with E-state index >= 15 is 0 Å². The van der Waals surface area contributed by atoms with Crippen LogP contribution in [-0.4, -0.2) is 65.9 Å². The van der Waals surface area contributed by atoms with Gasteiger partial charge in [0.25, 0.3) is 5.91 Å². The number of amides is 2. The molecule has 3 heterocycles. The highest BCUT2D eigenvalue weighted by atomic mass is 16.2. The molecule has 2 amide bonds. The van der Waals surface area contributed by atoms with Crippen LogP contribution in [0.5, 0.6) is 0 Å². The van der Waals surface area contributed by atoms with E-state index in [4.69, 9.17) is 0 Å². The molecule has 0 radical (unpaired) electrons. The van der Waals surface area contributed by atoms with Gasteiger partial charge in [-0.1, -0.05) is 6.92 Å². The van der Waals surface area contributed by atoms with Gasteiger partial charge in [-0.15, -0.1) is 0 Å². The average Bonchev–Trinajstić information content (AvgIpc) is 2.67. The zero-order valence-electron chi connectivity index (χ0n) is 14.4. The van der Waals surface area contributed by atoms with Gasteiger partial charge in [-0.25, -0.2) is 4.98 Å². The summed E-state index contributed by atoms with van der Waals surface area (Å²) in [6, 6.07) is 4.16. The molecule has 130 valence electrons. The molecule has 2 aliphatic heterocycles. The van der Waals surface area contributed by atoms with Crippen molar-refractivity contribution in [3.63, 3.8) is 0 Å². The van der Waals surface area contributed by atoms with Crippen molar-refractivity contribution in [1.29, 1.82) is 0 Å². The summed E-state index contributed by atoms with van der Waals surface area (Å²) in [4.78, 5) is 33.9. The molecule has 0 bridgehead atoms. The van der Waals surface area contributed by atoms with E-state index in [-0.39, 0.29) is 5.91 Å². The lowest BCUT2D eigenvalue weighted by Crippen LogP contribution is -2.45. The summed E-state index contributed by atoms with van der Waals surface area (Å²) in [6.07, 6.45) is 7.09. The molecule has 1 aromatic heterocycles. The summed E-state index contributed by atoms with van der Waals surface area (Å²) >= 11 is 0. The van der Waals surface area contributed by atoms with E-state index in [0.29, 0.717) is 11.7 Å². The summed E-state index contributed by atoms with van der Waals surface area (Å²) < 4.78 is 0. The second kappa shape index (κ2) is 7.64. The van der Waals surface area contributed by atoms with Crippen molar-refractivity contribution in [1.82, 2.24) is 14.8 Å². The van der Waals surface area contributed by atoms with Crippen molar-refractivity contribution in [3.05, 3.63) is 24.0 Å². The van der Waals surface area contributed by atoms with E-state index < -0.39 is 0 Å². The Balaban J connectivity index is 1.65. The molecule has 0 N–H and O–H groups in total. The molecule has 1 unspecified atom stereocenters. The normalized spacial score (nSPS) is 21.7. The zero-order chi connectivity index (χ0) is 16.9. The molecule has 1 atom stereocenters. The largest absolute Gasteiger partial charge is 0.367 e. The maximum absolute atomic E-state index is 12.7. The Kier molecular flexibility index (Phi) is 5.33. The number of nitrogens with zero attached hydrogens (tertiary/aromatic N) is 4. The average molecular weight is 330 g/mol. The number of hydrogen-bond acceptors (Lipinski definition) is 4. The van der Waals surface area contributed by atoms with Crippen molar-refractivity contribution in [2.24, 2.45) is 0 Å².